The molecule has 0 saturated carbocycles. The van der Waals surface area contributed by atoms with Crippen LogP contribution in [0.1, 0.15) is 30.0 Å². The molecule has 0 radical (unpaired) electrons. The van der Waals surface area contributed by atoms with Crippen molar-refractivity contribution >= 4 is 20.9 Å². The van der Waals surface area contributed by atoms with Crippen LogP contribution in [0, 0.1) is 6.92 Å². The lowest BCUT2D eigenvalue weighted by Crippen LogP contribution is -2.37. The monoisotopic (exact) mass is 384 g/mol. The van der Waals surface area contributed by atoms with Gasteiger partial charge in [0.25, 0.3) is 0 Å². The number of piperidine rings is 1. The lowest BCUT2D eigenvalue weighted by molar-refractivity contribution is 0.317. The number of ether oxygens (including phenoxy) is 1. The maximum Gasteiger partial charge on any atom is 0.243 e. The molecule has 142 valence electrons. The molecule has 2 heterocycles. The molecule has 2 aromatic carbocycles. The van der Waals surface area contributed by atoms with E-state index in [1.54, 1.807) is 29.6 Å². The van der Waals surface area contributed by atoms with Crippen molar-refractivity contribution in [2.24, 2.45) is 0 Å². The van der Waals surface area contributed by atoms with E-state index in [4.69, 9.17) is 4.74 Å². The van der Waals surface area contributed by atoms with Crippen LogP contribution in [0.5, 0.6) is 5.75 Å². The molecule has 1 fully saturated rings. The summed E-state index contributed by atoms with van der Waals surface area (Å²) >= 11 is 0. The van der Waals surface area contributed by atoms with E-state index in [2.05, 4.69) is 11.1 Å². The summed E-state index contributed by atoms with van der Waals surface area (Å²) < 4.78 is 32.7. The van der Waals surface area contributed by atoms with Gasteiger partial charge in [0, 0.05) is 35.6 Å². The third-order valence-electron chi connectivity index (χ3n) is 5.37. The van der Waals surface area contributed by atoms with Gasteiger partial charge in [0.2, 0.25) is 10.0 Å². The van der Waals surface area contributed by atoms with Gasteiger partial charge in [-0.3, -0.25) is 0 Å². The number of aromatic nitrogens is 1. The Kier molecular flexibility index (Phi) is 4.70. The Bertz CT molecular complexity index is 1060. The first kappa shape index (κ1) is 18.1. The molecule has 0 unspecified atom stereocenters. The number of hydrogen-bond acceptors (Lipinski definition) is 3. The molecule has 1 aliphatic heterocycles. The number of rotatable bonds is 4. The van der Waals surface area contributed by atoms with Crippen LogP contribution in [0.2, 0.25) is 0 Å². The molecule has 3 aromatic rings. The summed E-state index contributed by atoms with van der Waals surface area (Å²) in [4.78, 5) is 3.87. The van der Waals surface area contributed by atoms with E-state index in [-0.39, 0.29) is 0 Å². The first-order valence-corrected chi connectivity index (χ1v) is 10.6. The Hall–Kier alpha value is -2.31. The van der Waals surface area contributed by atoms with Crippen molar-refractivity contribution < 1.29 is 13.2 Å². The van der Waals surface area contributed by atoms with Crippen LogP contribution in [0.3, 0.4) is 0 Å². The molecule has 1 aliphatic rings. The van der Waals surface area contributed by atoms with Gasteiger partial charge >= 0.3 is 0 Å². The number of H-pyrrole nitrogens is 1. The minimum absolute atomic E-state index is 0.340. The number of methoxy groups -OCH3 is 1. The fourth-order valence-electron chi connectivity index (χ4n) is 3.81. The Morgan fingerprint density at radius 3 is 2.56 bits per heavy atom. The predicted molar refractivity (Wildman–Crippen MR) is 107 cm³/mol. The van der Waals surface area contributed by atoms with Crippen molar-refractivity contribution in [1.82, 2.24) is 9.29 Å². The lowest BCUT2D eigenvalue weighted by Gasteiger charge is -2.30. The second kappa shape index (κ2) is 7.02. The molecular formula is C21H24N2O3S. The highest BCUT2D eigenvalue weighted by molar-refractivity contribution is 7.89. The molecule has 6 heteroatoms. The summed E-state index contributed by atoms with van der Waals surface area (Å²) in [7, 11) is -1.75. The van der Waals surface area contributed by atoms with E-state index in [1.165, 1.54) is 5.69 Å². The molecule has 4 rings (SSSR count). The molecule has 1 aromatic heterocycles. The van der Waals surface area contributed by atoms with Crippen molar-refractivity contribution in [3.63, 3.8) is 0 Å². The van der Waals surface area contributed by atoms with E-state index >= 15 is 0 Å². The van der Waals surface area contributed by atoms with E-state index in [0.29, 0.717) is 23.9 Å². The molecule has 0 spiro atoms. The summed E-state index contributed by atoms with van der Waals surface area (Å²) in [5, 5.41) is 1.12. The summed E-state index contributed by atoms with van der Waals surface area (Å²) in [5.74, 6) is 1.18. The Balaban J connectivity index is 1.50. The number of hydrogen-bond donors (Lipinski definition) is 1. The molecule has 27 heavy (non-hydrogen) atoms. The molecule has 0 bridgehead atoms. The summed E-state index contributed by atoms with van der Waals surface area (Å²) in [6.45, 7) is 3.00. The van der Waals surface area contributed by atoms with E-state index in [9.17, 15) is 8.42 Å². The SMILES string of the molecule is COc1ccc2[nH]c(C3CCN(S(=O)(=O)c4cccc(C)c4)CC3)cc2c1. The van der Waals surface area contributed by atoms with Gasteiger partial charge in [-0.1, -0.05) is 12.1 Å². The number of aromatic amines is 1. The van der Waals surface area contributed by atoms with Gasteiger partial charge < -0.3 is 9.72 Å². The average Bonchev–Trinajstić information content (AvgIpc) is 3.11. The van der Waals surface area contributed by atoms with Gasteiger partial charge in [-0.15, -0.1) is 0 Å². The number of nitrogens with zero attached hydrogens (tertiary/aromatic N) is 1. The highest BCUT2D eigenvalue weighted by Crippen LogP contribution is 2.33. The Labute approximate surface area is 160 Å². The third-order valence-corrected chi connectivity index (χ3v) is 7.26. The summed E-state index contributed by atoms with van der Waals surface area (Å²) in [5.41, 5.74) is 3.21. The smallest absolute Gasteiger partial charge is 0.243 e. The van der Waals surface area contributed by atoms with Crippen molar-refractivity contribution in [3.8, 4) is 5.75 Å². The van der Waals surface area contributed by atoms with Crippen LogP contribution >= 0.6 is 0 Å². The normalized spacial score (nSPS) is 16.7. The highest BCUT2D eigenvalue weighted by Gasteiger charge is 2.30. The average molecular weight is 385 g/mol. The Morgan fingerprint density at radius 1 is 1.07 bits per heavy atom. The second-order valence-electron chi connectivity index (χ2n) is 7.17. The molecule has 1 N–H and O–H groups in total. The zero-order chi connectivity index (χ0) is 19.0. The zero-order valence-electron chi connectivity index (χ0n) is 15.6. The van der Waals surface area contributed by atoms with Crippen molar-refractivity contribution in [3.05, 3.63) is 59.8 Å². The molecule has 1 saturated heterocycles. The Morgan fingerprint density at radius 2 is 1.85 bits per heavy atom. The molecule has 0 aliphatic carbocycles. The lowest BCUT2D eigenvalue weighted by atomic mass is 9.95. The minimum Gasteiger partial charge on any atom is -0.497 e. The van der Waals surface area contributed by atoms with Crippen LogP contribution in [0.4, 0.5) is 0 Å². The molecule has 0 atom stereocenters. The third kappa shape index (κ3) is 3.47. The van der Waals surface area contributed by atoms with Crippen LogP contribution in [-0.4, -0.2) is 37.9 Å². The first-order valence-electron chi connectivity index (χ1n) is 9.21. The number of sulfonamides is 1. The number of benzene rings is 2. The van der Waals surface area contributed by atoms with Gasteiger partial charge in [-0.2, -0.15) is 4.31 Å². The van der Waals surface area contributed by atoms with Gasteiger partial charge in [0.15, 0.2) is 0 Å². The fourth-order valence-corrected chi connectivity index (χ4v) is 5.39. The van der Waals surface area contributed by atoms with Crippen LogP contribution in [0.15, 0.2) is 53.4 Å². The summed E-state index contributed by atoms with van der Waals surface area (Å²) in [6.07, 6.45) is 1.63. The van der Waals surface area contributed by atoms with Gasteiger partial charge in [-0.05, 0) is 61.7 Å². The van der Waals surface area contributed by atoms with Gasteiger partial charge in [-0.25, -0.2) is 8.42 Å². The molecular weight excluding hydrogens is 360 g/mol. The predicted octanol–water partition coefficient (Wildman–Crippen LogP) is 4.05. The maximum atomic E-state index is 12.9. The fraction of sp³-hybridized carbons (Fsp3) is 0.333. The number of aryl methyl sites for hydroxylation is 1. The van der Waals surface area contributed by atoms with Crippen molar-refractivity contribution in [2.45, 2.75) is 30.6 Å². The van der Waals surface area contributed by atoms with Crippen LogP contribution in [-0.2, 0) is 10.0 Å². The quantitative estimate of drug-likeness (QED) is 0.738. The number of fused-ring (bicyclic) bond motifs is 1. The van der Waals surface area contributed by atoms with Crippen LogP contribution in [0.25, 0.3) is 10.9 Å². The van der Waals surface area contributed by atoms with Crippen LogP contribution < -0.4 is 4.74 Å². The van der Waals surface area contributed by atoms with E-state index in [0.717, 1.165) is 35.1 Å². The van der Waals surface area contributed by atoms with Gasteiger partial charge in [0.05, 0.1) is 12.0 Å². The van der Waals surface area contributed by atoms with E-state index in [1.807, 2.05) is 31.2 Å². The first-order chi connectivity index (χ1) is 13.0. The standard InChI is InChI=1S/C21H24N2O3S/c1-15-4-3-5-19(12-15)27(24,25)23-10-8-16(9-11-23)21-14-17-13-18(26-2)6-7-20(17)22-21/h3-7,12-14,16,22H,8-11H2,1-2H3. The van der Waals surface area contributed by atoms with Crippen molar-refractivity contribution in [1.29, 1.82) is 0 Å². The largest absolute Gasteiger partial charge is 0.497 e. The number of nitrogens with one attached hydrogen (secondary N) is 1. The van der Waals surface area contributed by atoms with E-state index < -0.39 is 10.0 Å². The second-order valence-corrected chi connectivity index (χ2v) is 9.11. The topological polar surface area (TPSA) is 62.4 Å². The maximum absolute atomic E-state index is 12.9. The summed E-state index contributed by atoms with van der Waals surface area (Å²) in [6, 6.07) is 15.3. The molecule has 5 nitrogen and oxygen atoms in total. The minimum atomic E-state index is -3.42. The zero-order valence-corrected chi connectivity index (χ0v) is 16.4. The van der Waals surface area contributed by atoms with Gasteiger partial charge in [0.1, 0.15) is 5.75 Å². The molecule has 0 amide bonds. The highest BCUT2D eigenvalue weighted by atomic mass is 32.2. The van der Waals surface area contributed by atoms with Crippen molar-refractivity contribution in [2.75, 3.05) is 20.2 Å².